The van der Waals surface area contributed by atoms with Crippen LogP contribution in [-0.4, -0.2) is 82.6 Å². The number of hydrogen-bond acceptors (Lipinski definition) is 7. The lowest BCUT2D eigenvalue weighted by atomic mass is 9.95. The second-order valence-corrected chi connectivity index (χ2v) is 13.3. The maximum absolute atomic E-state index is 12.6. The lowest BCUT2D eigenvalue weighted by Gasteiger charge is -2.35. The van der Waals surface area contributed by atoms with E-state index in [4.69, 9.17) is 26.3 Å². The molecule has 2 aromatic carbocycles. The number of hydrogen-bond donors (Lipinski definition) is 0. The van der Waals surface area contributed by atoms with Gasteiger partial charge in [-0.05, 0) is 81.6 Å². The first-order valence-electron chi connectivity index (χ1n) is 15.9. The first-order chi connectivity index (χ1) is 21.0. The summed E-state index contributed by atoms with van der Waals surface area (Å²) in [5.74, 6) is 1.03. The number of likely N-dealkylation sites (tertiary alicyclic amines) is 1. The number of nitrogens with zero attached hydrogens (tertiary/aromatic N) is 6. The molecule has 0 N–H and O–H groups in total. The molecule has 4 fully saturated rings. The smallest absolute Gasteiger partial charge is 0.318 e. The van der Waals surface area contributed by atoms with Gasteiger partial charge in [0.2, 0.25) is 5.91 Å². The molecule has 4 saturated heterocycles. The molecule has 8 nitrogen and oxygen atoms in total. The Morgan fingerprint density at radius 3 is 2.63 bits per heavy atom. The highest BCUT2D eigenvalue weighted by Gasteiger charge is 2.47. The highest BCUT2D eigenvalue weighted by molar-refractivity contribution is 6.36. The SMILES string of the molecule is C=CC(=O)N1CC[C@H]2[C@@H]1CCN2c1nc(OCC23CCCN2CCC3)nc2c1CCN(c1cccc3cccc(Cl)c13)C2. The van der Waals surface area contributed by atoms with Crippen molar-refractivity contribution >= 4 is 39.8 Å². The van der Waals surface area contributed by atoms with E-state index in [9.17, 15) is 4.79 Å². The van der Waals surface area contributed by atoms with Crippen LogP contribution in [-0.2, 0) is 17.8 Å². The number of amides is 1. The van der Waals surface area contributed by atoms with Crippen LogP contribution in [0.5, 0.6) is 6.01 Å². The Hall–Kier alpha value is -3.36. The van der Waals surface area contributed by atoms with Crippen molar-refractivity contribution in [1.82, 2.24) is 19.8 Å². The standard InChI is InChI=1S/C34H39ClN6O2/c1-2-30(42)40-19-12-28-27(40)13-20-41(28)32-24-11-18-38(29-10-4-8-23-7-3-9-25(35)31(23)29)21-26(24)36-33(37-32)43-22-34-14-5-16-39(34)17-6-15-34/h2-4,7-10,27-28H,1,5-6,11-22H2/t27-,28-/m0/s1. The van der Waals surface area contributed by atoms with E-state index in [1.807, 2.05) is 17.0 Å². The molecular formula is C34H39ClN6O2. The predicted octanol–water partition coefficient (Wildman–Crippen LogP) is 5.22. The van der Waals surface area contributed by atoms with Gasteiger partial charge in [0.05, 0.1) is 34.9 Å². The average molecular weight is 599 g/mol. The van der Waals surface area contributed by atoms with Crippen molar-refractivity contribution in [3.63, 3.8) is 0 Å². The van der Waals surface area contributed by atoms with E-state index >= 15 is 0 Å². The van der Waals surface area contributed by atoms with Gasteiger partial charge in [-0.3, -0.25) is 9.69 Å². The summed E-state index contributed by atoms with van der Waals surface area (Å²) in [6, 6.07) is 13.4. The number of benzene rings is 2. The molecule has 224 valence electrons. The molecule has 0 unspecified atom stereocenters. The van der Waals surface area contributed by atoms with Crippen molar-refractivity contribution in [3.05, 3.63) is 65.3 Å². The summed E-state index contributed by atoms with van der Waals surface area (Å²) in [6.07, 6.45) is 9.01. The number of anilines is 2. The normalized spacial score (nSPS) is 24.3. The molecule has 8 rings (SSSR count). The van der Waals surface area contributed by atoms with Gasteiger partial charge in [-0.1, -0.05) is 42.4 Å². The van der Waals surface area contributed by atoms with Crippen LogP contribution in [0, 0.1) is 0 Å². The van der Waals surface area contributed by atoms with Gasteiger partial charge in [0.25, 0.3) is 0 Å². The van der Waals surface area contributed by atoms with Gasteiger partial charge in [-0.15, -0.1) is 0 Å². The van der Waals surface area contributed by atoms with Crippen LogP contribution < -0.4 is 14.5 Å². The van der Waals surface area contributed by atoms with Gasteiger partial charge in [0, 0.05) is 36.3 Å². The minimum absolute atomic E-state index is 0.0319. The number of halogens is 1. The highest BCUT2D eigenvalue weighted by atomic mass is 35.5. The number of aromatic nitrogens is 2. The first-order valence-corrected chi connectivity index (χ1v) is 16.3. The third-order valence-corrected chi connectivity index (χ3v) is 11.1. The zero-order chi connectivity index (χ0) is 29.1. The Morgan fingerprint density at radius 1 is 1.02 bits per heavy atom. The van der Waals surface area contributed by atoms with E-state index in [2.05, 4.69) is 45.5 Å². The van der Waals surface area contributed by atoms with Gasteiger partial charge in [0.15, 0.2) is 0 Å². The quantitative estimate of drug-likeness (QED) is 0.361. The predicted molar refractivity (Wildman–Crippen MR) is 170 cm³/mol. The molecule has 9 heteroatoms. The molecule has 43 heavy (non-hydrogen) atoms. The summed E-state index contributed by atoms with van der Waals surface area (Å²) in [5.41, 5.74) is 3.51. The van der Waals surface area contributed by atoms with Gasteiger partial charge >= 0.3 is 6.01 Å². The molecule has 1 amide bonds. The Labute approximate surface area is 258 Å². The molecule has 6 heterocycles. The molecule has 5 aliphatic heterocycles. The third-order valence-electron chi connectivity index (χ3n) is 10.8. The van der Waals surface area contributed by atoms with E-state index in [0.29, 0.717) is 19.2 Å². The van der Waals surface area contributed by atoms with Crippen LogP contribution >= 0.6 is 11.6 Å². The summed E-state index contributed by atoms with van der Waals surface area (Å²) < 4.78 is 6.57. The number of ether oxygens (including phenoxy) is 1. The molecule has 0 spiro atoms. The molecule has 1 aromatic heterocycles. The van der Waals surface area contributed by atoms with Crippen LogP contribution in [0.4, 0.5) is 11.5 Å². The van der Waals surface area contributed by atoms with Gasteiger partial charge < -0.3 is 19.4 Å². The Bertz CT molecular complexity index is 1580. The van der Waals surface area contributed by atoms with Crippen molar-refractivity contribution in [2.45, 2.75) is 69.1 Å². The summed E-state index contributed by atoms with van der Waals surface area (Å²) in [5, 5.41) is 3.00. The molecule has 3 aromatic rings. The fourth-order valence-electron chi connectivity index (χ4n) is 8.74. The zero-order valence-corrected chi connectivity index (χ0v) is 25.4. The van der Waals surface area contributed by atoms with Crippen LogP contribution in [0.2, 0.25) is 5.02 Å². The van der Waals surface area contributed by atoms with Crippen molar-refractivity contribution in [2.75, 3.05) is 49.1 Å². The molecular weight excluding hydrogens is 560 g/mol. The molecule has 2 atom stereocenters. The Morgan fingerprint density at radius 2 is 1.81 bits per heavy atom. The van der Waals surface area contributed by atoms with Gasteiger partial charge in [0.1, 0.15) is 12.4 Å². The van der Waals surface area contributed by atoms with Crippen molar-refractivity contribution in [1.29, 1.82) is 0 Å². The van der Waals surface area contributed by atoms with E-state index in [0.717, 1.165) is 71.9 Å². The fourth-order valence-corrected chi connectivity index (χ4v) is 9.01. The lowest BCUT2D eigenvalue weighted by molar-refractivity contribution is -0.126. The third kappa shape index (κ3) is 4.48. The van der Waals surface area contributed by atoms with Crippen molar-refractivity contribution in [2.24, 2.45) is 0 Å². The van der Waals surface area contributed by atoms with Crippen LogP contribution in [0.1, 0.15) is 49.8 Å². The zero-order valence-electron chi connectivity index (χ0n) is 24.7. The van der Waals surface area contributed by atoms with Gasteiger partial charge in [-0.25, -0.2) is 0 Å². The Kier molecular flexibility index (Phi) is 6.75. The molecule has 0 saturated carbocycles. The summed E-state index contributed by atoms with van der Waals surface area (Å²) in [4.78, 5) is 32.3. The maximum atomic E-state index is 12.6. The van der Waals surface area contributed by atoms with Gasteiger partial charge in [-0.2, -0.15) is 9.97 Å². The summed E-state index contributed by atoms with van der Waals surface area (Å²) >= 11 is 6.74. The fraction of sp³-hybridized carbons (Fsp3) is 0.500. The monoisotopic (exact) mass is 598 g/mol. The van der Waals surface area contributed by atoms with E-state index < -0.39 is 0 Å². The van der Waals surface area contributed by atoms with Crippen LogP contribution in [0.25, 0.3) is 10.8 Å². The number of carbonyl (C=O) groups excluding carboxylic acids is 1. The topological polar surface area (TPSA) is 65.0 Å². The van der Waals surface area contributed by atoms with E-state index in [1.54, 1.807) is 0 Å². The minimum Gasteiger partial charge on any atom is -0.461 e. The van der Waals surface area contributed by atoms with Crippen molar-refractivity contribution in [3.8, 4) is 6.01 Å². The largest absolute Gasteiger partial charge is 0.461 e. The first kappa shape index (κ1) is 27.2. The maximum Gasteiger partial charge on any atom is 0.318 e. The molecule has 0 radical (unpaired) electrons. The highest BCUT2D eigenvalue weighted by Crippen LogP contribution is 2.42. The van der Waals surface area contributed by atoms with E-state index in [1.165, 1.54) is 50.4 Å². The second kappa shape index (κ2) is 10.7. The van der Waals surface area contributed by atoms with Crippen LogP contribution in [0.3, 0.4) is 0 Å². The second-order valence-electron chi connectivity index (χ2n) is 12.9. The average Bonchev–Trinajstić information content (AvgIpc) is 3.81. The molecule has 0 bridgehead atoms. The Balaban J connectivity index is 1.15. The number of fused-ring (bicyclic) bond motifs is 4. The van der Waals surface area contributed by atoms with Crippen LogP contribution in [0.15, 0.2) is 49.1 Å². The van der Waals surface area contributed by atoms with Crippen molar-refractivity contribution < 1.29 is 9.53 Å². The summed E-state index contributed by atoms with van der Waals surface area (Å²) in [7, 11) is 0. The number of rotatable bonds is 6. The molecule has 0 aliphatic carbocycles. The van der Waals surface area contributed by atoms with E-state index in [-0.39, 0.29) is 23.5 Å². The lowest BCUT2D eigenvalue weighted by Crippen LogP contribution is -2.44. The molecule has 5 aliphatic rings. The summed E-state index contributed by atoms with van der Waals surface area (Å²) in [6.45, 7) is 9.88. The number of carbonyl (C=O) groups is 1. The minimum atomic E-state index is 0.0319.